The van der Waals surface area contributed by atoms with E-state index >= 15 is 0 Å². The smallest absolute Gasteiger partial charge is 0.239 e. The third-order valence-electron chi connectivity index (χ3n) is 4.34. The van der Waals surface area contributed by atoms with Gasteiger partial charge in [0.1, 0.15) is 0 Å². The molecule has 2 rings (SSSR count). The lowest BCUT2D eigenvalue weighted by Crippen LogP contribution is -2.40. The maximum Gasteiger partial charge on any atom is 0.239 e. The van der Waals surface area contributed by atoms with Crippen molar-refractivity contribution in [2.45, 2.75) is 12.8 Å². The molecule has 26 heavy (non-hydrogen) atoms. The van der Waals surface area contributed by atoms with Crippen LogP contribution in [0.1, 0.15) is 12.0 Å². The van der Waals surface area contributed by atoms with E-state index in [1.807, 2.05) is 30.1 Å². The molecule has 0 radical (unpaired) electrons. The molecular formula is C20H28N4O2. The zero-order chi connectivity index (χ0) is 18.9. The predicted octanol–water partition coefficient (Wildman–Crippen LogP) is 1.48. The first-order chi connectivity index (χ1) is 12.6. The van der Waals surface area contributed by atoms with Crippen molar-refractivity contribution in [2.24, 2.45) is 0 Å². The molecule has 0 unspecified atom stereocenters. The minimum atomic E-state index is -0.0403. The molecule has 0 saturated heterocycles. The molecule has 1 heterocycles. The molecule has 1 aliphatic rings. The number of rotatable bonds is 9. The molecule has 6 nitrogen and oxygen atoms in total. The van der Waals surface area contributed by atoms with Crippen molar-refractivity contribution >= 4 is 23.2 Å². The molecule has 0 aromatic heterocycles. The second-order valence-electron chi connectivity index (χ2n) is 6.34. The Morgan fingerprint density at radius 3 is 2.58 bits per heavy atom. The van der Waals surface area contributed by atoms with Gasteiger partial charge in [0.2, 0.25) is 11.8 Å². The van der Waals surface area contributed by atoms with Crippen LogP contribution in [0.5, 0.6) is 0 Å². The van der Waals surface area contributed by atoms with Gasteiger partial charge in [-0.3, -0.25) is 9.59 Å². The predicted molar refractivity (Wildman–Crippen MR) is 107 cm³/mol. The van der Waals surface area contributed by atoms with Crippen LogP contribution < -0.4 is 20.4 Å². The monoisotopic (exact) mass is 356 g/mol. The first kappa shape index (κ1) is 19.6. The van der Waals surface area contributed by atoms with Crippen LogP contribution in [-0.2, 0) is 16.0 Å². The molecule has 0 bridgehead atoms. The Hall–Kier alpha value is -2.76. The highest BCUT2D eigenvalue weighted by atomic mass is 16.2. The van der Waals surface area contributed by atoms with Gasteiger partial charge in [0.05, 0.1) is 13.1 Å². The number of anilines is 2. The van der Waals surface area contributed by atoms with Crippen LogP contribution in [-0.4, -0.2) is 51.6 Å². The van der Waals surface area contributed by atoms with E-state index in [4.69, 9.17) is 0 Å². The van der Waals surface area contributed by atoms with E-state index in [0.29, 0.717) is 19.6 Å². The number of hydrogen-bond donors (Lipinski definition) is 2. The standard InChI is InChI=1S/C20H28N4O2/c1-4-11-21-19(25)14-23(3)17-9-6-10-18-16(17)8-7-13-24(18)15-20(26)22-12-5-2/h4-6,9-10H,1-2,7-8,11-15H2,3H3,(H,21,25)(H,22,26). The zero-order valence-corrected chi connectivity index (χ0v) is 15.5. The van der Waals surface area contributed by atoms with Crippen LogP contribution in [0, 0.1) is 0 Å². The molecule has 2 N–H and O–H groups in total. The van der Waals surface area contributed by atoms with Crippen molar-refractivity contribution < 1.29 is 9.59 Å². The van der Waals surface area contributed by atoms with E-state index in [-0.39, 0.29) is 18.4 Å². The van der Waals surface area contributed by atoms with Crippen molar-refractivity contribution in [2.75, 3.05) is 49.6 Å². The summed E-state index contributed by atoms with van der Waals surface area (Å²) in [6.45, 7) is 9.62. The second kappa shape index (κ2) is 9.65. The van der Waals surface area contributed by atoms with Gasteiger partial charge in [0.15, 0.2) is 0 Å². The van der Waals surface area contributed by atoms with Crippen molar-refractivity contribution in [3.63, 3.8) is 0 Å². The van der Waals surface area contributed by atoms with Crippen LogP contribution in [0.3, 0.4) is 0 Å². The molecule has 0 aliphatic carbocycles. The number of hydrogen-bond acceptors (Lipinski definition) is 4. The van der Waals surface area contributed by atoms with Crippen molar-refractivity contribution in [1.29, 1.82) is 0 Å². The van der Waals surface area contributed by atoms with E-state index in [2.05, 4.69) is 28.7 Å². The number of benzene rings is 1. The molecule has 1 aromatic rings. The number of carbonyl (C=O) groups excluding carboxylic acids is 2. The highest BCUT2D eigenvalue weighted by Crippen LogP contribution is 2.34. The van der Waals surface area contributed by atoms with Crippen LogP contribution >= 0.6 is 0 Å². The van der Waals surface area contributed by atoms with Gasteiger partial charge in [-0.15, -0.1) is 13.2 Å². The Labute approximate surface area is 155 Å². The van der Waals surface area contributed by atoms with Crippen LogP contribution in [0.2, 0.25) is 0 Å². The summed E-state index contributed by atoms with van der Waals surface area (Å²) in [5, 5.41) is 5.62. The molecule has 0 spiro atoms. The van der Waals surface area contributed by atoms with Gasteiger partial charge in [-0.1, -0.05) is 18.2 Å². The third-order valence-corrected chi connectivity index (χ3v) is 4.34. The number of nitrogens with one attached hydrogen (secondary N) is 2. The number of carbonyl (C=O) groups is 2. The SMILES string of the molecule is C=CCNC(=O)CN(C)c1cccc2c1CCCN2CC(=O)NCC=C. The fourth-order valence-electron chi connectivity index (χ4n) is 3.16. The Bertz CT molecular complexity index is 658. The maximum absolute atomic E-state index is 12.1. The van der Waals surface area contributed by atoms with Crippen LogP contribution in [0.15, 0.2) is 43.5 Å². The average molecular weight is 356 g/mol. The van der Waals surface area contributed by atoms with E-state index < -0.39 is 0 Å². The molecule has 0 fully saturated rings. The normalized spacial score (nSPS) is 12.7. The van der Waals surface area contributed by atoms with E-state index in [1.165, 1.54) is 5.56 Å². The lowest BCUT2D eigenvalue weighted by Gasteiger charge is -2.34. The fourth-order valence-corrected chi connectivity index (χ4v) is 3.16. The van der Waals surface area contributed by atoms with Crippen LogP contribution in [0.25, 0.3) is 0 Å². The van der Waals surface area contributed by atoms with Crippen molar-refractivity contribution in [1.82, 2.24) is 10.6 Å². The highest BCUT2D eigenvalue weighted by molar-refractivity contribution is 5.84. The summed E-state index contributed by atoms with van der Waals surface area (Å²) < 4.78 is 0. The topological polar surface area (TPSA) is 64.7 Å². The van der Waals surface area contributed by atoms with Crippen molar-refractivity contribution in [3.05, 3.63) is 49.1 Å². The van der Waals surface area contributed by atoms with Gasteiger partial charge >= 0.3 is 0 Å². The van der Waals surface area contributed by atoms with E-state index in [1.54, 1.807) is 12.2 Å². The average Bonchev–Trinajstić information content (AvgIpc) is 2.64. The summed E-state index contributed by atoms with van der Waals surface area (Å²) in [5.41, 5.74) is 3.29. The summed E-state index contributed by atoms with van der Waals surface area (Å²) in [4.78, 5) is 28.1. The summed E-state index contributed by atoms with van der Waals surface area (Å²) in [5.74, 6) is -0.0539. The number of amides is 2. The second-order valence-corrected chi connectivity index (χ2v) is 6.34. The Morgan fingerprint density at radius 2 is 1.88 bits per heavy atom. The largest absolute Gasteiger partial charge is 0.365 e. The highest BCUT2D eigenvalue weighted by Gasteiger charge is 2.22. The minimum Gasteiger partial charge on any atom is -0.365 e. The molecule has 6 heteroatoms. The summed E-state index contributed by atoms with van der Waals surface area (Å²) in [6.07, 6.45) is 5.26. The molecule has 1 aromatic carbocycles. The first-order valence-electron chi connectivity index (χ1n) is 8.90. The molecule has 140 valence electrons. The Morgan fingerprint density at radius 1 is 1.19 bits per heavy atom. The Kier molecular flexibility index (Phi) is 7.26. The lowest BCUT2D eigenvalue weighted by atomic mass is 9.99. The number of nitrogens with zero attached hydrogens (tertiary/aromatic N) is 2. The third kappa shape index (κ3) is 5.12. The Balaban J connectivity index is 2.13. The fraction of sp³-hybridized carbons (Fsp3) is 0.400. The quantitative estimate of drug-likeness (QED) is 0.658. The maximum atomic E-state index is 12.1. The zero-order valence-electron chi connectivity index (χ0n) is 15.5. The van der Waals surface area contributed by atoms with Gasteiger partial charge < -0.3 is 20.4 Å². The van der Waals surface area contributed by atoms with Gasteiger partial charge in [-0.2, -0.15) is 0 Å². The van der Waals surface area contributed by atoms with Gasteiger partial charge in [-0.05, 0) is 30.5 Å². The minimum absolute atomic E-state index is 0.0136. The number of fused-ring (bicyclic) bond motifs is 1. The lowest BCUT2D eigenvalue weighted by molar-refractivity contribution is -0.120. The molecular weight excluding hydrogens is 328 g/mol. The first-order valence-corrected chi connectivity index (χ1v) is 8.90. The summed E-state index contributed by atoms with van der Waals surface area (Å²) in [6, 6.07) is 6.05. The molecule has 2 amide bonds. The van der Waals surface area contributed by atoms with Gasteiger partial charge in [-0.25, -0.2) is 0 Å². The summed E-state index contributed by atoms with van der Waals surface area (Å²) >= 11 is 0. The van der Waals surface area contributed by atoms with Crippen molar-refractivity contribution in [3.8, 4) is 0 Å². The van der Waals surface area contributed by atoms with Gasteiger partial charge in [0, 0.05) is 38.1 Å². The summed E-state index contributed by atoms with van der Waals surface area (Å²) in [7, 11) is 1.92. The van der Waals surface area contributed by atoms with Crippen LogP contribution in [0.4, 0.5) is 11.4 Å². The molecule has 1 aliphatic heterocycles. The van der Waals surface area contributed by atoms with E-state index in [0.717, 1.165) is 30.8 Å². The molecule has 0 atom stereocenters. The number of likely N-dealkylation sites (N-methyl/N-ethyl adjacent to an activating group) is 1. The van der Waals surface area contributed by atoms with Gasteiger partial charge in [0.25, 0.3) is 0 Å². The van der Waals surface area contributed by atoms with E-state index in [9.17, 15) is 9.59 Å². The molecule has 0 saturated carbocycles.